The van der Waals surface area contributed by atoms with Crippen molar-refractivity contribution in [1.82, 2.24) is 4.98 Å². The van der Waals surface area contributed by atoms with Gasteiger partial charge in [0.2, 0.25) is 0 Å². The van der Waals surface area contributed by atoms with Crippen LogP contribution in [0, 0.1) is 6.92 Å². The number of thiazole rings is 1. The van der Waals surface area contributed by atoms with Crippen LogP contribution in [0.3, 0.4) is 0 Å². The summed E-state index contributed by atoms with van der Waals surface area (Å²) in [6.07, 6.45) is 1.73. The summed E-state index contributed by atoms with van der Waals surface area (Å²) in [6, 6.07) is 13.8. The van der Waals surface area contributed by atoms with Gasteiger partial charge in [0, 0.05) is 11.1 Å². The molecule has 0 atom stereocenters. The van der Waals surface area contributed by atoms with E-state index >= 15 is 0 Å². The molecule has 4 nitrogen and oxygen atoms in total. The maximum Gasteiger partial charge on any atom is 0.264 e. The van der Waals surface area contributed by atoms with Gasteiger partial charge in [-0.2, -0.15) is 0 Å². The average molecular weight is 298 g/mol. The third kappa shape index (κ3) is 3.38. The van der Waals surface area contributed by atoms with E-state index in [0.717, 1.165) is 15.6 Å². The molecule has 0 aliphatic carbocycles. The lowest BCUT2D eigenvalue weighted by Crippen LogP contribution is -2.19. The lowest BCUT2D eigenvalue weighted by molar-refractivity contribution is -0.118. The molecular formula is C16H14N2O2S. The summed E-state index contributed by atoms with van der Waals surface area (Å²) in [5.41, 5.74) is 0. The number of rotatable bonds is 4. The van der Waals surface area contributed by atoms with Gasteiger partial charge in [-0.05, 0) is 29.8 Å². The zero-order valence-electron chi connectivity index (χ0n) is 11.5. The summed E-state index contributed by atoms with van der Waals surface area (Å²) < 4.78 is 5.52. The van der Waals surface area contributed by atoms with Crippen molar-refractivity contribution < 1.29 is 9.53 Å². The third-order valence-corrected chi connectivity index (χ3v) is 3.79. The number of ether oxygens (including phenoxy) is 1. The second-order valence-corrected chi connectivity index (χ2v) is 5.86. The summed E-state index contributed by atoms with van der Waals surface area (Å²) in [6.45, 7) is 1.91. The van der Waals surface area contributed by atoms with Crippen molar-refractivity contribution in [2.75, 3.05) is 11.9 Å². The number of nitrogens with zero attached hydrogens (tertiary/aromatic N) is 1. The molecule has 0 radical (unpaired) electrons. The Kier molecular flexibility index (Phi) is 3.83. The zero-order chi connectivity index (χ0) is 14.7. The SMILES string of the molecule is Cc1cnc(NC(=O)COc2ccc3ccccc3c2)s1. The van der Waals surface area contributed by atoms with E-state index < -0.39 is 0 Å². The molecule has 0 aliphatic rings. The number of hydrogen-bond acceptors (Lipinski definition) is 4. The number of anilines is 1. The normalized spacial score (nSPS) is 10.5. The number of amides is 1. The van der Waals surface area contributed by atoms with Gasteiger partial charge in [-0.3, -0.25) is 10.1 Å². The number of carbonyl (C=O) groups is 1. The van der Waals surface area contributed by atoms with Crippen molar-refractivity contribution in [3.63, 3.8) is 0 Å². The number of nitrogens with one attached hydrogen (secondary N) is 1. The Hall–Kier alpha value is -2.40. The lowest BCUT2D eigenvalue weighted by atomic mass is 10.1. The fourth-order valence-corrected chi connectivity index (χ4v) is 2.65. The second-order valence-electron chi connectivity index (χ2n) is 4.62. The van der Waals surface area contributed by atoms with E-state index in [0.29, 0.717) is 10.9 Å². The molecule has 0 unspecified atom stereocenters. The fraction of sp³-hybridized carbons (Fsp3) is 0.125. The van der Waals surface area contributed by atoms with E-state index in [1.54, 1.807) is 6.20 Å². The highest BCUT2D eigenvalue weighted by Gasteiger charge is 2.06. The van der Waals surface area contributed by atoms with Gasteiger partial charge < -0.3 is 4.74 Å². The summed E-state index contributed by atoms with van der Waals surface area (Å²) in [4.78, 5) is 16.9. The fourth-order valence-electron chi connectivity index (χ4n) is 1.97. The van der Waals surface area contributed by atoms with Gasteiger partial charge in [0.1, 0.15) is 5.75 Å². The average Bonchev–Trinajstić information content (AvgIpc) is 2.90. The second kappa shape index (κ2) is 5.93. The van der Waals surface area contributed by atoms with Crippen molar-refractivity contribution in [3.8, 4) is 5.75 Å². The number of aromatic nitrogens is 1. The molecule has 0 bridgehead atoms. The minimum Gasteiger partial charge on any atom is -0.484 e. The molecule has 0 aliphatic heterocycles. The van der Waals surface area contributed by atoms with Gasteiger partial charge in [0.25, 0.3) is 5.91 Å². The Labute approximate surface area is 126 Å². The van der Waals surface area contributed by atoms with Gasteiger partial charge >= 0.3 is 0 Å². The van der Waals surface area contributed by atoms with Crippen LogP contribution in [0.4, 0.5) is 5.13 Å². The molecule has 0 saturated heterocycles. The molecule has 3 rings (SSSR count). The largest absolute Gasteiger partial charge is 0.484 e. The van der Waals surface area contributed by atoms with Crippen LogP contribution < -0.4 is 10.1 Å². The van der Waals surface area contributed by atoms with Crippen LogP contribution in [0.2, 0.25) is 0 Å². The molecule has 1 heterocycles. The van der Waals surface area contributed by atoms with Crippen LogP contribution in [-0.2, 0) is 4.79 Å². The third-order valence-electron chi connectivity index (χ3n) is 2.96. The smallest absolute Gasteiger partial charge is 0.264 e. The van der Waals surface area contributed by atoms with Crippen LogP contribution in [0.1, 0.15) is 4.88 Å². The molecule has 0 spiro atoms. The quantitative estimate of drug-likeness (QED) is 0.800. The van der Waals surface area contributed by atoms with Crippen molar-refractivity contribution in [1.29, 1.82) is 0 Å². The van der Waals surface area contributed by atoms with Gasteiger partial charge in [-0.15, -0.1) is 11.3 Å². The van der Waals surface area contributed by atoms with Gasteiger partial charge in [0.05, 0.1) is 0 Å². The highest BCUT2D eigenvalue weighted by atomic mass is 32.1. The molecule has 2 aromatic carbocycles. The minimum absolute atomic E-state index is 0.0308. The summed E-state index contributed by atoms with van der Waals surface area (Å²) in [7, 11) is 0. The Balaban J connectivity index is 1.61. The monoisotopic (exact) mass is 298 g/mol. The van der Waals surface area contributed by atoms with Crippen molar-refractivity contribution in [2.24, 2.45) is 0 Å². The first kappa shape index (κ1) is 13.6. The van der Waals surface area contributed by atoms with E-state index in [2.05, 4.69) is 10.3 Å². The predicted octanol–water partition coefficient (Wildman–Crippen LogP) is 3.62. The first-order valence-corrected chi connectivity index (χ1v) is 7.36. The van der Waals surface area contributed by atoms with Gasteiger partial charge in [-0.25, -0.2) is 4.98 Å². The highest BCUT2D eigenvalue weighted by molar-refractivity contribution is 7.15. The molecule has 106 valence electrons. The number of hydrogen-bond donors (Lipinski definition) is 1. The highest BCUT2D eigenvalue weighted by Crippen LogP contribution is 2.21. The molecule has 21 heavy (non-hydrogen) atoms. The van der Waals surface area contributed by atoms with E-state index in [1.807, 2.05) is 49.4 Å². The van der Waals surface area contributed by atoms with Crippen molar-refractivity contribution in [3.05, 3.63) is 53.5 Å². The van der Waals surface area contributed by atoms with Gasteiger partial charge in [-0.1, -0.05) is 30.3 Å². The summed E-state index contributed by atoms with van der Waals surface area (Å²) in [5, 5.41) is 5.55. The molecule has 0 saturated carbocycles. The lowest BCUT2D eigenvalue weighted by Gasteiger charge is -2.07. The predicted molar refractivity (Wildman–Crippen MR) is 84.9 cm³/mol. The minimum atomic E-state index is -0.211. The first-order chi connectivity index (χ1) is 10.2. The van der Waals surface area contributed by atoms with Crippen LogP contribution in [0.15, 0.2) is 48.7 Å². The molecule has 1 amide bonds. The molecule has 3 aromatic rings. The van der Waals surface area contributed by atoms with Crippen LogP contribution in [0.5, 0.6) is 5.75 Å². The Morgan fingerprint density at radius 3 is 2.81 bits per heavy atom. The van der Waals surface area contributed by atoms with Crippen LogP contribution in [-0.4, -0.2) is 17.5 Å². The molecule has 0 fully saturated rings. The molecule has 1 aromatic heterocycles. The number of carbonyl (C=O) groups excluding carboxylic acids is 1. The summed E-state index contributed by atoms with van der Waals surface area (Å²) >= 11 is 1.44. The Morgan fingerprint density at radius 2 is 2.05 bits per heavy atom. The van der Waals surface area contributed by atoms with Crippen molar-refractivity contribution >= 4 is 33.1 Å². The Bertz CT molecular complexity index is 783. The number of fused-ring (bicyclic) bond motifs is 1. The standard InChI is InChI=1S/C16H14N2O2S/c1-11-9-17-16(21-11)18-15(19)10-20-14-7-6-12-4-2-3-5-13(12)8-14/h2-9H,10H2,1H3,(H,17,18,19). The van der Waals surface area contributed by atoms with E-state index in [-0.39, 0.29) is 12.5 Å². The number of benzene rings is 2. The van der Waals surface area contributed by atoms with Gasteiger partial charge in [0.15, 0.2) is 11.7 Å². The molecule has 1 N–H and O–H groups in total. The molecule has 5 heteroatoms. The van der Waals surface area contributed by atoms with Crippen LogP contribution in [0.25, 0.3) is 10.8 Å². The van der Waals surface area contributed by atoms with Crippen molar-refractivity contribution in [2.45, 2.75) is 6.92 Å². The number of aryl methyl sites for hydroxylation is 1. The maximum atomic E-state index is 11.8. The van der Waals surface area contributed by atoms with Crippen LogP contribution >= 0.6 is 11.3 Å². The Morgan fingerprint density at radius 1 is 1.24 bits per heavy atom. The van der Waals surface area contributed by atoms with E-state index in [4.69, 9.17) is 4.74 Å². The first-order valence-electron chi connectivity index (χ1n) is 6.54. The maximum absolute atomic E-state index is 11.8. The van der Waals surface area contributed by atoms with E-state index in [9.17, 15) is 4.79 Å². The molecular weight excluding hydrogens is 284 g/mol. The zero-order valence-corrected chi connectivity index (χ0v) is 12.3. The summed E-state index contributed by atoms with van der Waals surface area (Å²) in [5.74, 6) is 0.469. The topological polar surface area (TPSA) is 51.2 Å². The van der Waals surface area contributed by atoms with E-state index in [1.165, 1.54) is 11.3 Å².